The molecule has 0 spiro atoms. The summed E-state index contributed by atoms with van der Waals surface area (Å²) in [6, 6.07) is 0. The van der Waals surface area contributed by atoms with Crippen LogP contribution in [0.15, 0.2) is 0 Å². The van der Waals surface area contributed by atoms with Crippen LogP contribution in [0.3, 0.4) is 0 Å². The van der Waals surface area contributed by atoms with Crippen molar-refractivity contribution >= 4 is 47.8 Å². The Morgan fingerprint density at radius 2 is 0.456 bits per heavy atom. The van der Waals surface area contributed by atoms with Crippen molar-refractivity contribution in [3.8, 4) is 0 Å². The maximum atomic E-state index is 12.9. The van der Waals surface area contributed by atoms with E-state index in [2.05, 4.69) is 19.6 Å². The van der Waals surface area contributed by atoms with Gasteiger partial charge in [-0.25, -0.2) is 0 Å². The quantitative estimate of drug-likeness (QED) is 0.0314. The number of nitrogens with zero attached hydrogens (tertiary/aromatic N) is 4. The molecule has 1 aliphatic heterocycles. The predicted molar refractivity (Wildman–Crippen MR) is 343 cm³/mol. The second-order valence-corrected chi connectivity index (χ2v) is 26.5. The SMILES string of the molecule is O=C(CCN(CCCN1CCN(CCCN(CCC(=O)OCCCCOC(=O)CC2CCCCC2)CCC(=O)OCCCCOC(=O)CC2CCCCC2)CC1)CCC(=O)OCCCCOC(=O)CC1CCCCC1)OCCCCOC(=O)CC1CCCCC1. The summed E-state index contributed by atoms with van der Waals surface area (Å²) < 4.78 is 44.1. The predicted octanol–water partition coefficient (Wildman–Crippen LogP) is 10.9. The van der Waals surface area contributed by atoms with Crippen LogP contribution in [0, 0.1) is 23.7 Å². The highest BCUT2D eigenvalue weighted by atomic mass is 16.6. The van der Waals surface area contributed by atoms with Gasteiger partial charge in [0, 0.05) is 78.0 Å². The fraction of sp³-hybridized carbons (Fsp3) is 0.886. The summed E-state index contributed by atoms with van der Waals surface area (Å²) in [4.78, 5) is 110. The van der Waals surface area contributed by atoms with Crippen LogP contribution in [0.2, 0.25) is 0 Å². The van der Waals surface area contributed by atoms with Gasteiger partial charge in [-0.15, -0.1) is 0 Å². The van der Waals surface area contributed by atoms with E-state index in [0.29, 0.717) is 166 Å². The van der Waals surface area contributed by atoms with E-state index < -0.39 is 0 Å². The van der Waals surface area contributed by atoms with Crippen LogP contribution in [-0.4, -0.2) is 199 Å². The molecular weight excluding hydrogens is 1150 g/mol. The van der Waals surface area contributed by atoms with Crippen LogP contribution in [0.5, 0.6) is 0 Å². The topological polar surface area (TPSA) is 223 Å². The van der Waals surface area contributed by atoms with Crippen LogP contribution in [0.25, 0.3) is 0 Å². The minimum Gasteiger partial charge on any atom is -0.466 e. The average Bonchev–Trinajstić information content (AvgIpc) is 3.72. The number of esters is 8. The van der Waals surface area contributed by atoms with Gasteiger partial charge in [-0.2, -0.15) is 0 Å². The van der Waals surface area contributed by atoms with Crippen molar-refractivity contribution in [1.29, 1.82) is 0 Å². The lowest BCUT2D eigenvalue weighted by Gasteiger charge is -2.35. The highest BCUT2D eigenvalue weighted by molar-refractivity contribution is 5.72. The van der Waals surface area contributed by atoms with Crippen molar-refractivity contribution in [3.63, 3.8) is 0 Å². The maximum absolute atomic E-state index is 12.9. The van der Waals surface area contributed by atoms with Gasteiger partial charge >= 0.3 is 47.8 Å². The van der Waals surface area contributed by atoms with Crippen LogP contribution in [0.4, 0.5) is 0 Å². The third kappa shape index (κ3) is 38.6. The number of piperazine rings is 1. The van der Waals surface area contributed by atoms with Gasteiger partial charge < -0.3 is 57.5 Å². The van der Waals surface area contributed by atoms with Crippen molar-refractivity contribution in [2.75, 3.05) is 131 Å². The summed E-state index contributed by atoms with van der Waals surface area (Å²) in [5, 5.41) is 0. The normalized spacial score (nSPS) is 17.6. The molecule has 0 atom stereocenters. The molecule has 0 amide bonds. The molecule has 0 unspecified atom stereocenters. The summed E-state index contributed by atoms with van der Waals surface area (Å²) in [6.45, 7) is 10.9. The largest absolute Gasteiger partial charge is 0.466 e. The lowest BCUT2D eigenvalue weighted by atomic mass is 9.87. The number of unbranched alkanes of at least 4 members (excludes halogenated alkanes) is 4. The zero-order valence-electron chi connectivity index (χ0n) is 55.6. The summed E-state index contributed by atoms with van der Waals surface area (Å²) in [5.41, 5.74) is 0. The molecule has 0 aromatic rings. The highest BCUT2D eigenvalue weighted by Crippen LogP contribution is 2.29. The highest BCUT2D eigenvalue weighted by Gasteiger charge is 2.24. The lowest BCUT2D eigenvalue weighted by molar-refractivity contribution is -0.147. The molecule has 0 aromatic carbocycles. The Labute approximate surface area is 540 Å². The summed E-state index contributed by atoms with van der Waals surface area (Å²) in [5.74, 6) is 0.00377. The van der Waals surface area contributed by atoms with Crippen molar-refractivity contribution in [3.05, 3.63) is 0 Å². The van der Waals surface area contributed by atoms with Crippen LogP contribution >= 0.6 is 0 Å². The van der Waals surface area contributed by atoms with Crippen LogP contribution in [0.1, 0.15) is 244 Å². The average molecular weight is 1270 g/mol. The molecule has 5 aliphatic rings. The molecule has 20 nitrogen and oxygen atoms in total. The molecule has 4 saturated carbocycles. The van der Waals surface area contributed by atoms with E-state index in [1.54, 1.807) is 0 Å². The number of ether oxygens (including phenoxy) is 8. The lowest BCUT2D eigenvalue weighted by Crippen LogP contribution is -2.47. The first kappa shape index (κ1) is 76.3. The fourth-order valence-corrected chi connectivity index (χ4v) is 13.3. The van der Waals surface area contributed by atoms with Crippen molar-refractivity contribution < 1.29 is 76.3 Å². The number of carbonyl (C=O) groups is 8. The Morgan fingerprint density at radius 1 is 0.256 bits per heavy atom. The number of hydrogen-bond donors (Lipinski definition) is 0. The van der Waals surface area contributed by atoms with E-state index in [4.69, 9.17) is 37.9 Å². The monoisotopic (exact) mass is 1270 g/mol. The smallest absolute Gasteiger partial charge is 0.307 e. The Hall–Kier alpha value is -4.40. The standard InChI is InChI=1S/C70H120N4O16/c75-63(83-47-13-17-51-87-67(79)55-59-23-5-1-6-24-59)31-39-71(40-32-64(76)84-48-14-18-52-88-68(80)56-60-25-7-2-8-26-60)35-21-37-73-43-45-74(46-44-73)38-22-36-72(41-33-65(77)85-49-15-19-53-89-69(81)57-61-27-9-3-10-28-61)42-34-66(78)86-50-16-20-54-90-70(82)58-62-29-11-4-12-30-62/h59-62H,1-58H2. The van der Waals surface area contributed by atoms with Gasteiger partial charge in [0.2, 0.25) is 0 Å². The first-order valence-electron chi connectivity index (χ1n) is 36.1. The maximum Gasteiger partial charge on any atom is 0.307 e. The van der Waals surface area contributed by atoms with Gasteiger partial charge in [0.1, 0.15) is 0 Å². The molecule has 90 heavy (non-hydrogen) atoms. The van der Waals surface area contributed by atoms with E-state index >= 15 is 0 Å². The molecule has 0 radical (unpaired) electrons. The zero-order valence-corrected chi connectivity index (χ0v) is 55.6. The number of hydrogen-bond acceptors (Lipinski definition) is 20. The van der Waals surface area contributed by atoms with Gasteiger partial charge in [0.05, 0.1) is 78.5 Å². The van der Waals surface area contributed by atoms with Gasteiger partial charge in [-0.3, -0.25) is 38.4 Å². The molecule has 1 heterocycles. The van der Waals surface area contributed by atoms with E-state index in [0.717, 1.165) is 103 Å². The Bertz CT molecular complexity index is 1720. The second kappa shape index (κ2) is 49.2. The van der Waals surface area contributed by atoms with Crippen molar-refractivity contribution in [2.24, 2.45) is 23.7 Å². The Kier molecular flexibility index (Phi) is 41.7. The van der Waals surface area contributed by atoms with E-state index in [1.807, 2.05) is 0 Å². The number of rotatable bonds is 48. The molecule has 1 saturated heterocycles. The summed E-state index contributed by atoms with van der Waals surface area (Å²) in [6.07, 6.45) is 32.7. The van der Waals surface area contributed by atoms with Gasteiger partial charge in [0.25, 0.3) is 0 Å². The Balaban J connectivity index is 0.977. The third-order valence-electron chi connectivity index (χ3n) is 18.9. The van der Waals surface area contributed by atoms with E-state index in [9.17, 15) is 38.4 Å². The minimum absolute atomic E-state index is 0.137. The first-order valence-corrected chi connectivity index (χ1v) is 36.1. The molecule has 516 valence electrons. The van der Waals surface area contributed by atoms with Crippen LogP contribution < -0.4 is 0 Å². The molecule has 5 fully saturated rings. The van der Waals surface area contributed by atoms with E-state index in [-0.39, 0.29) is 99.9 Å². The van der Waals surface area contributed by atoms with Crippen molar-refractivity contribution in [2.45, 2.75) is 244 Å². The van der Waals surface area contributed by atoms with Gasteiger partial charge in [-0.05, 0) is 165 Å². The molecule has 0 bridgehead atoms. The minimum atomic E-state index is -0.299. The first-order chi connectivity index (χ1) is 43.9. The van der Waals surface area contributed by atoms with Crippen LogP contribution in [-0.2, 0) is 76.3 Å². The molecular formula is C70H120N4O16. The van der Waals surface area contributed by atoms with Gasteiger partial charge in [0.15, 0.2) is 0 Å². The Morgan fingerprint density at radius 3 is 0.667 bits per heavy atom. The fourth-order valence-electron chi connectivity index (χ4n) is 13.3. The molecule has 5 rings (SSSR count). The summed E-state index contributed by atoms with van der Waals surface area (Å²) in [7, 11) is 0. The zero-order chi connectivity index (χ0) is 63.9. The van der Waals surface area contributed by atoms with E-state index in [1.165, 1.54) is 77.0 Å². The summed E-state index contributed by atoms with van der Waals surface area (Å²) >= 11 is 0. The molecule has 0 N–H and O–H groups in total. The second-order valence-electron chi connectivity index (χ2n) is 26.5. The molecule has 4 aliphatic carbocycles. The van der Waals surface area contributed by atoms with Crippen molar-refractivity contribution in [1.82, 2.24) is 19.6 Å². The molecule has 0 aromatic heterocycles. The third-order valence-corrected chi connectivity index (χ3v) is 18.9. The molecule has 20 heteroatoms. The number of carbonyl (C=O) groups excluding carboxylic acids is 8. The van der Waals surface area contributed by atoms with Gasteiger partial charge in [-0.1, -0.05) is 77.0 Å².